The summed E-state index contributed by atoms with van der Waals surface area (Å²) in [5.74, 6) is 0.139. The number of nitrogens with one attached hydrogen (secondary N) is 1. The second-order valence-electron chi connectivity index (χ2n) is 5.08. The minimum Gasteiger partial charge on any atom is -0.495 e. The predicted octanol–water partition coefficient (Wildman–Crippen LogP) is 1.43. The van der Waals surface area contributed by atoms with E-state index in [9.17, 15) is 9.59 Å². The number of hydrogen-bond donors (Lipinski definition) is 1. The monoisotopic (exact) mass is 347 g/mol. The van der Waals surface area contributed by atoms with Gasteiger partial charge in [-0.3, -0.25) is 18.8 Å². The van der Waals surface area contributed by atoms with Gasteiger partial charge < -0.3 is 10.1 Å². The Morgan fingerprint density at radius 3 is 2.92 bits per heavy atom. The lowest BCUT2D eigenvalue weighted by atomic mass is 10.3. The maximum atomic E-state index is 12.3. The number of carbonyl (C=O) groups excluding carboxylic acids is 1. The van der Waals surface area contributed by atoms with Gasteiger partial charge in [0.05, 0.1) is 18.3 Å². The third kappa shape index (κ3) is 2.95. The van der Waals surface area contributed by atoms with Gasteiger partial charge in [-0.05, 0) is 18.2 Å². The van der Waals surface area contributed by atoms with Gasteiger partial charge in [0.2, 0.25) is 5.91 Å². The fraction of sp³-hybridized carbons (Fsp3) is 0.200. The van der Waals surface area contributed by atoms with E-state index >= 15 is 0 Å². The Bertz CT molecular complexity index is 979. The number of rotatable bonds is 4. The Hall–Kier alpha value is -2.87. The van der Waals surface area contributed by atoms with Gasteiger partial charge in [-0.1, -0.05) is 11.6 Å². The van der Waals surface area contributed by atoms with E-state index in [1.54, 1.807) is 25.2 Å². The highest BCUT2D eigenvalue weighted by atomic mass is 35.5. The highest BCUT2D eigenvalue weighted by Crippen LogP contribution is 2.27. The highest BCUT2D eigenvalue weighted by molar-refractivity contribution is 6.32. The third-order valence-electron chi connectivity index (χ3n) is 3.47. The number of anilines is 1. The summed E-state index contributed by atoms with van der Waals surface area (Å²) in [5.41, 5.74) is 0.656. The minimum atomic E-state index is -0.372. The van der Waals surface area contributed by atoms with Crippen LogP contribution in [0.5, 0.6) is 5.75 Å². The van der Waals surface area contributed by atoms with Gasteiger partial charge in [0.25, 0.3) is 5.56 Å². The maximum Gasteiger partial charge on any atom is 0.264 e. The Labute approximate surface area is 141 Å². The van der Waals surface area contributed by atoms with Crippen LogP contribution in [0.4, 0.5) is 5.69 Å². The van der Waals surface area contributed by atoms with Crippen molar-refractivity contribution in [2.75, 3.05) is 12.4 Å². The second kappa shape index (κ2) is 6.32. The lowest BCUT2D eigenvalue weighted by Crippen LogP contribution is -2.27. The van der Waals surface area contributed by atoms with Gasteiger partial charge in [0, 0.05) is 12.7 Å². The molecule has 124 valence electrons. The molecule has 0 bridgehead atoms. The number of amides is 1. The predicted molar refractivity (Wildman–Crippen MR) is 89.4 cm³/mol. The summed E-state index contributed by atoms with van der Waals surface area (Å²) in [4.78, 5) is 28.6. The summed E-state index contributed by atoms with van der Waals surface area (Å²) in [5, 5.41) is 7.40. The van der Waals surface area contributed by atoms with Crippen LogP contribution in [0.15, 0.2) is 35.5 Å². The van der Waals surface area contributed by atoms with Crippen LogP contribution in [-0.2, 0) is 18.4 Å². The van der Waals surface area contributed by atoms with Gasteiger partial charge >= 0.3 is 0 Å². The quantitative estimate of drug-likeness (QED) is 0.771. The molecule has 0 atom stereocenters. The molecule has 1 amide bonds. The number of methoxy groups -OCH3 is 1. The molecule has 0 aliphatic heterocycles. The lowest BCUT2D eigenvalue weighted by Gasteiger charge is -2.09. The van der Waals surface area contributed by atoms with Gasteiger partial charge in [0.1, 0.15) is 24.0 Å². The van der Waals surface area contributed by atoms with Gasteiger partial charge in [-0.15, -0.1) is 0 Å². The first-order chi connectivity index (χ1) is 11.5. The number of aryl methyl sites for hydroxylation is 1. The molecule has 0 fully saturated rings. The molecule has 0 unspecified atom stereocenters. The summed E-state index contributed by atoms with van der Waals surface area (Å²) in [6.45, 7) is -0.166. The van der Waals surface area contributed by atoms with Crippen molar-refractivity contribution < 1.29 is 9.53 Å². The number of ether oxygens (including phenoxy) is 1. The Balaban J connectivity index is 1.79. The van der Waals surface area contributed by atoms with Crippen LogP contribution >= 0.6 is 11.6 Å². The number of aromatic nitrogens is 4. The van der Waals surface area contributed by atoms with E-state index in [1.807, 2.05) is 0 Å². The molecule has 8 nitrogen and oxygen atoms in total. The molecule has 0 spiro atoms. The summed E-state index contributed by atoms with van der Waals surface area (Å²) in [6.07, 6.45) is 2.76. The molecule has 0 saturated carbocycles. The molecule has 9 heteroatoms. The molecule has 0 aliphatic rings. The van der Waals surface area contributed by atoms with Crippen LogP contribution in [0, 0.1) is 0 Å². The molecule has 1 N–H and O–H groups in total. The standard InChI is InChI=1S/C15H14ClN5O3/c1-20-14-10(6-18-20)15(23)21(8-17-14)7-13(22)19-9-3-4-12(24-2)11(16)5-9/h3-6,8H,7H2,1-2H3,(H,19,22). The van der Waals surface area contributed by atoms with Crippen molar-refractivity contribution in [2.24, 2.45) is 7.05 Å². The minimum absolute atomic E-state index is 0.166. The number of halogens is 1. The van der Waals surface area contributed by atoms with E-state index in [4.69, 9.17) is 16.3 Å². The van der Waals surface area contributed by atoms with E-state index in [2.05, 4.69) is 15.4 Å². The average molecular weight is 348 g/mol. The molecule has 3 rings (SSSR count). The van der Waals surface area contributed by atoms with Crippen LogP contribution in [-0.4, -0.2) is 32.3 Å². The average Bonchev–Trinajstić information content (AvgIpc) is 2.92. The molecule has 3 aromatic rings. The van der Waals surface area contributed by atoms with E-state index < -0.39 is 0 Å². The first-order valence-electron chi connectivity index (χ1n) is 7.00. The van der Waals surface area contributed by atoms with Crippen molar-refractivity contribution in [3.8, 4) is 5.75 Å². The molecular formula is C15H14ClN5O3. The van der Waals surface area contributed by atoms with Crippen LogP contribution in [0.1, 0.15) is 0 Å². The SMILES string of the molecule is COc1ccc(NC(=O)Cn2cnc3c(cnn3C)c2=O)cc1Cl. The van der Waals surface area contributed by atoms with Gasteiger partial charge in [-0.2, -0.15) is 5.10 Å². The van der Waals surface area contributed by atoms with Gasteiger partial charge in [-0.25, -0.2) is 4.98 Å². The van der Waals surface area contributed by atoms with E-state index in [1.165, 1.54) is 28.9 Å². The van der Waals surface area contributed by atoms with Crippen LogP contribution in [0.25, 0.3) is 11.0 Å². The number of benzene rings is 1. The number of carbonyl (C=O) groups is 1. The van der Waals surface area contributed by atoms with Crippen molar-refractivity contribution in [3.63, 3.8) is 0 Å². The highest BCUT2D eigenvalue weighted by Gasteiger charge is 2.11. The zero-order valence-corrected chi connectivity index (χ0v) is 13.7. The number of nitrogens with zero attached hydrogens (tertiary/aromatic N) is 4. The molecule has 0 saturated heterocycles. The van der Waals surface area contributed by atoms with E-state index in [-0.39, 0.29) is 18.0 Å². The number of fused-ring (bicyclic) bond motifs is 1. The summed E-state index contributed by atoms with van der Waals surface area (Å²) in [7, 11) is 3.20. The Morgan fingerprint density at radius 2 is 2.21 bits per heavy atom. The number of hydrogen-bond acceptors (Lipinski definition) is 5. The lowest BCUT2D eigenvalue weighted by molar-refractivity contribution is -0.116. The first kappa shape index (κ1) is 16.0. The molecule has 1 aromatic carbocycles. The molecule has 24 heavy (non-hydrogen) atoms. The fourth-order valence-electron chi connectivity index (χ4n) is 2.28. The Kier molecular flexibility index (Phi) is 4.22. The van der Waals surface area contributed by atoms with Crippen molar-refractivity contribution in [2.45, 2.75) is 6.54 Å². The zero-order chi connectivity index (χ0) is 17.3. The smallest absolute Gasteiger partial charge is 0.264 e. The summed E-state index contributed by atoms with van der Waals surface area (Å²) < 4.78 is 7.78. The van der Waals surface area contributed by atoms with Crippen molar-refractivity contribution in [1.29, 1.82) is 0 Å². The maximum absolute atomic E-state index is 12.3. The third-order valence-corrected chi connectivity index (χ3v) is 3.76. The van der Waals surface area contributed by atoms with E-state index in [0.29, 0.717) is 27.5 Å². The van der Waals surface area contributed by atoms with Gasteiger partial charge in [0.15, 0.2) is 5.65 Å². The van der Waals surface area contributed by atoms with Crippen molar-refractivity contribution in [1.82, 2.24) is 19.3 Å². The van der Waals surface area contributed by atoms with Crippen molar-refractivity contribution in [3.05, 3.63) is 46.1 Å². The largest absolute Gasteiger partial charge is 0.495 e. The molecule has 2 heterocycles. The molecule has 0 aliphatic carbocycles. The van der Waals surface area contributed by atoms with Crippen molar-refractivity contribution >= 4 is 34.2 Å². The second-order valence-corrected chi connectivity index (χ2v) is 5.49. The van der Waals surface area contributed by atoms with Crippen LogP contribution in [0.3, 0.4) is 0 Å². The Morgan fingerprint density at radius 1 is 1.42 bits per heavy atom. The first-order valence-corrected chi connectivity index (χ1v) is 7.38. The molecular weight excluding hydrogens is 334 g/mol. The normalized spacial score (nSPS) is 10.8. The van der Waals surface area contributed by atoms with Crippen LogP contribution < -0.4 is 15.6 Å². The molecule has 2 aromatic heterocycles. The summed E-state index contributed by atoms with van der Waals surface area (Å²) >= 11 is 6.02. The zero-order valence-electron chi connectivity index (χ0n) is 13.0. The fourth-order valence-corrected chi connectivity index (χ4v) is 2.54. The summed E-state index contributed by atoms with van der Waals surface area (Å²) in [6, 6.07) is 4.88. The molecule has 0 radical (unpaired) electrons. The van der Waals surface area contributed by atoms with Crippen LogP contribution in [0.2, 0.25) is 5.02 Å². The van der Waals surface area contributed by atoms with E-state index in [0.717, 1.165) is 0 Å². The topological polar surface area (TPSA) is 91.0 Å².